The third kappa shape index (κ3) is 4.68. The summed E-state index contributed by atoms with van der Waals surface area (Å²) < 4.78 is 10.5. The maximum absolute atomic E-state index is 9.95. The summed E-state index contributed by atoms with van der Waals surface area (Å²) in [6, 6.07) is 11.4. The lowest BCUT2D eigenvalue weighted by molar-refractivity contribution is 0.0737. The lowest BCUT2D eigenvalue weighted by atomic mass is 10.3. The molecule has 0 radical (unpaired) electrons. The molecule has 0 aliphatic heterocycles. The Bertz CT molecular complexity index is 513. The lowest BCUT2D eigenvalue weighted by Crippen LogP contribution is -2.32. The van der Waals surface area contributed by atoms with Crippen molar-refractivity contribution in [3.8, 4) is 5.75 Å². The number of para-hydroxylation sites is 1. The molecule has 0 amide bonds. The molecule has 5 heteroatoms. The SMILES string of the molecule is Cc1cc(CN(C)CC(O)COc2ccccc2)no1. The highest BCUT2D eigenvalue weighted by Crippen LogP contribution is 2.09. The number of hydrogen-bond acceptors (Lipinski definition) is 5. The van der Waals surface area contributed by atoms with Crippen molar-refractivity contribution in [1.29, 1.82) is 0 Å². The van der Waals surface area contributed by atoms with Crippen LogP contribution >= 0.6 is 0 Å². The molecule has 1 aromatic carbocycles. The maximum atomic E-state index is 9.95. The van der Waals surface area contributed by atoms with Crippen LogP contribution in [0.15, 0.2) is 40.9 Å². The normalized spacial score (nSPS) is 12.6. The summed E-state index contributed by atoms with van der Waals surface area (Å²) in [4.78, 5) is 1.98. The molecule has 2 rings (SSSR count). The lowest BCUT2D eigenvalue weighted by Gasteiger charge is -2.19. The number of nitrogens with zero attached hydrogens (tertiary/aromatic N) is 2. The van der Waals surface area contributed by atoms with Crippen LogP contribution < -0.4 is 4.74 Å². The van der Waals surface area contributed by atoms with Gasteiger partial charge < -0.3 is 14.4 Å². The second-order valence-electron chi connectivity index (χ2n) is 4.90. The molecular weight excluding hydrogens is 256 g/mol. The van der Waals surface area contributed by atoms with E-state index in [-0.39, 0.29) is 6.61 Å². The van der Waals surface area contributed by atoms with Crippen LogP contribution in [-0.2, 0) is 6.54 Å². The highest BCUT2D eigenvalue weighted by atomic mass is 16.5. The zero-order valence-corrected chi connectivity index (χ0v) is 11.8. The van der Waals surface area contributed by atoms with Gasteiger partial charge in [-0.1, -0.05) is 23.4 Å². The van der Waals surface area contributed by atoms with Crippen molar-refractivity contribution < 1.29 is 14.4 Å². The monoisotopic (exact) mass is 276 g/mol. The quantitative estimate of drug-likeness (QED) is 0.836. The topological polar surface area (TPSA) is 58.7 Å². The Morgan fingerprint density at radius 1 is 1.35 bits per heavy atom. The van der Waals surface area contributed by atoms with Crippen LogP contribution in [0, 0.1) is 6.92 Å². The second-order valence-corrected chi connectivity index (χ2v) is 4.90. The third-order valence-corrected chi connectivity index (χ3v) is 2.82. The van der Waals surface area contributed by atoms with Crippen LogP contribution in [0.4, 0.5) is 0 Å². The van der Waals surface area contributed by atoms with E-state index in [2.05, 4.69) is 5.16 Å². The fraction of sp³-hybridized carbons (Fsp3) is 0.400. The molecular formula is C15H20N2O3. The zero-order valence-electron chi connectivity index (χ0n) is 11.8. The number of aliphatic hydroxyl groups is 1. The molecule has 0 saturated heterocycles. The highest BCUT2D eigenvalue weighted by molar-refractivity contribution is 5.20. The second kappa shape index (κ2) is 7.07. The first kappa shape index (κ1) is 14.6. The van der Waals surface area contributed by atoms with E-state index in [1.807, 2.05) is 55.3 Å². The molecule has 0 aliphatic carbocycles. The molecule has 1 atom stereocenters. The minimum absolute atomic E-state index is 0.270. The number of aromatic nitrogens is 1. The van der Waals surface area contributed by atoms with Gasteiger partial charge in [0.15, 0.2) is 0 Å². The van der Waals surface area contributed by atoms with Gasteiger partial charge in [0.25, 0.3) is 0 Å². The Morgan fingerprint density at radius 3 is 2.75 bits per heavy atom. The smallest absolute Gasteiger partial charge is 0.133 e. The van der Waals surface area contributed by atoms with Crippen LogP contribution in [0.25, 0.3) is 0 Å². The Balaban J connectivity index is 1.72. The molecule has 0 fully saturated rings. The Kier molecular flexibility index (Phi) is 5.15. The summed E-state index contributed by atoms with van der Waals surface area (Å²) in [5.41, 5.74) is 0.862. The fourth-order valence-corrected chi connectivity index (χ4v) is 1.96. The first-order valence-electron chi connectivity index (χ1n) is 6.60. The van der Waals surface area contributed by atoms with Gasteiger partial charge in [-0.05, 0) is 26.1 Å². The van der Waals surface area contributed by atoms with Crippen molar-refractivity contribution in [1.82, 2.24) is 10.1 Å². The van der Waals surface area contributed by atoms with Crippen LogP contribution in [0.3, 0.4) is 0 Å². The predicted molar refractivity (Wildman–Crippen MR) is 75.5 cm³/mol. The zero-order chi connectivity index (χ0) is 14.4. The van der Waals surface area contributed by atoms with E-state index >= 15 is 0 Å². The summed E-state index contributed by atoms with van der Waals surface area (Å²) >= 11 is 0. The Labute approximate surface area is 118 Å². The molecule has 1 unspecified atom stereocenters. The molecule has 0 saturated carbocycles. The molecule has 1 heterocycles. The van der Waals surface area contributed by atoms with Crippen molar-refractivity contribution in [3.63, 3.8) is 0 Å². The molecule has 0 aliphatic rings. The van der Waals surface area contributed by atoms with E-state index in [1.54, 1.807) is 0 Å². The van der Waals surface area contributed by atoms with E-state index in [9.17, 15) is 5.11 Å². The fourth-order valence-electron chi connectivity index (χ4n) is 1.96. The van der Waals surface area contributed by atoms with Gasteiger partial charge in [0.2, 0.25) is 0 Å². The predicted octanol–water partition coefficient (Wildman–Crippen LogP) is 1.85. The number of rotatable bonds is 7. The molecule has 108 valence electrons. The number of aryl methyl sites for hydroxylation is 1. The maximum Gasteiger partial charge on any atom is 0.133 e. The largest absolute Gasteiger partial charge is 0.491 e. The van der Waals surface area contributed by atoms with Crippen LogP contribution in [0.2, 0.25) is 0 Å². The van der Waals surface area contributed by atoms with E-state index in [0.717, 1.165) is 17.2 Å². The van der Waals surface area contributed by atoms with Crippen LogP contribution in [0.5, 0.6) is 5.75 Å². The molecule has 2 aromatic rings. The van der Waals surface area contributed by atoms with Gasteiger partial charge in [0.1, 0.15) is 24.2 Å². The van der Waals surface area contributed by atoms with Crippen molar-refractivity contribution >= 4 is 0 Å². The summed E-state index contributed by atoms with van der Waals surface area (Å²) in [5.74, 6) is 1.56. The summed E-state index contributed by atoms with van der Waals surface area (Å²) in [6.07, 6.45) is -0.548. The molecule has 0 bridgehead atoms. The van der Waals surface area contributed by atoms with Gasteiger partial charge in [-0.2, -0.15) is 0 Å². The van der Waals surface area contributed by atoms with Gasteiger partial charge in [0.05, 0.1) is 5.69 Å². The number of ether oxygens (including phenoxy) is 1. The molecule has 20 heavy (non-hydrogen) atoms. The number of benzene rings is 1. The molecule has 1 aromatic heterocycles. The molecule has 0 spiro atoms. The van der Waals surface area contributed by atoms with Gasteiger partial charge in [-0.15, -0.1) is 0 Å². The average molecular weight is 276 g/mol. The van der Waals surface area contributed by atoms with Gasteiger partial charge >= 0.3 is 0 Å². The van der Waals surface area contributed by atoms with Crippen molar-refractivity contribution in [2.45, 2.75) is 19.6 Å². The van der Waals surface area contributed by atoms with Crippen molar-refractivity contribution in [2.75, 3.05) is 20.2 Å². The number of hydrogen-bond donors (Lipinski definition) is 1. The Morgan fingerprint density at radius 2 is 2.10 bits per heavy atom. The van der Waals surface area contributed by atoms with Gasteiger partial charge in [0, 0.05) is 19.2 Å². The average Bonchev–Trinajstić information content (AvgIpc) is 2.83. The summed E-state index contributed by atoms with van der Waals surface area (Å²) in [6.45, 7) is 3.28. The minimum Gasteiger partial charge on any atom is -0.491 e. The van der Waals surface area contributed by atoms with E-state index in [0.29, 0.717) is 13.1 Å². The summed E-state index contributed by atoms with van der Waals surface area (Å²) in [7, 11) is 1.93. The highest BCUT2D eigenvalue weighted by Gasteiger charge is 2.11. The first-order valence-corrected chi connectivity index (χ1v) is 6.60. The number of aliphatic hydroxyl groups excluding tert-OH is 1. The third-order valence-electron chi connectivity index (χ3n) is 2.82. The van der Waals surface area contributed by atoms with E-state index in [1.165, 1.54) is 0 Å². The van der Waals surface area contributed by atoms with Gasteiger partial charge in [-0.25, -0.2) is 0 Å². The number of likely N-dealkylation sites (N-methyl/N-ethyl adjacent to an activating group) is 1. The van der Waals surface area contributed by atoms with Crippen molar-refractivity contribution in [2.24, 2.45) is 0 Å². The molecule has 1 N–H and O–H groups in total. The Hall–Kier alpha value is -1.85. The van der Waals surface area contributed by atoms with Gasteiger partial charge in [-0.3, -0.25) is 4.90 Å². The van der Waals surface area contributed by atoms with Crippen LogP contribution in [-0.4, -0.2) is 41.5 Å². The summed E-state index contributed by atoms with van der Waals surface area (Å²) in [5, 5.41) is 13.9. The van der Waals surface area contributed by atoms with Crippen LogP contribution in [0.1, 0.15) is 11.5 Å². The van der Waals surface area contributed by atoms with E-state index in [4.69, 9.17) is 9.26 Å². The molecule has 5 nitrogen and oxygen atoms in total. The van der Waals surface area contributed by atoms with Crippen molar-refractivity contribution in [3.05, 3.63) is 47.9 Å². The van der Waals surface area contributed by atoms with E-state index < -0.39 is 6.10 Å². The first-order chi connectivity index (χ1) is 9.63. The minimum atomic E-state index is -0.548. The standard InChI is InChI=1S/C15H20N2O3/c1-12-8-13(16-20-12)9-17(2)10-14(18)11-19-15-6-4-3-5-7-15/h3-8,14,18H,9-11H2,1-2H3.